The number of aromatic nitrogens is 1. The van der Waals surface area contributed by atoms with Gasteiger partial charge in [0.15, 0.2) is 0 Å². The Morgan fingerprint density at radius 2 is 1.89 bits per heavy atom. The predicted octanol–water partition coefficient (Wildman–Crippen LogP) is 4.55. The lowest BCUT2D eigenvalue weighted by molar-refractivity contribution is -0.108. The molecule has 0 fully saturated rings. The number of carbonyl (C=O) groups is 2. The van der Waals surface area contributed by atoms with E-state index in [0.717, 1.165) is 34.5 Å². The van der Waals surface area contributed by atoms with Gasteiger partial charge in [0.2, 0.25) is 6.41 Å². The van der Waals surface area contributed by atoms with E-state index in [0.29, 0.717) is 29.9 Å². The van der Waals surface area contributed by atoms with E-state index >= 15 is 0 Å². The quantitative estimate of drug-likeness (QED) is 0.186. The molecule has 2 heterocycles. The van der Waals surface area contributed by atoms with E-state index < -0.39 is 0 Å². The lowest BCUT2D eigenvalue weighted by atomic mass is 9.82. The number of allylic oxidation sites excluding steroid dienone is 3. The first-order valence-electron chi connectivity index (χ1n) is 12.3. The van der Waals surface area contributed by atoms with Crippen LogP contribution in [0, 0.1) is 5.41 Å². The largest absolute Gasteiger partial charge is 0.367 e. The van der Waals surface area contributed by atoms with E-state index in [-0.39, 0.29) is 23.0 Å². The van der Waals surface area contributed by atoms with Crippen molar-refractivity contribution in [2.75, 3.05) is 11.9 Å². The maximum Gasteiger partial charge on any atom is 0.252 e. The van der Waals surface area contributed by atoms with Crippen molar-refractivity contribution in [3.63, 3.8) is 0 Å². The van der Waals surface area contributed by atoms with Crippen LogP contribution in [-0.4, -0.2) is 47.2 Å². The van der Waals surface area contributed by atoms with Crippen LogP contribution in [0.3, 0.4) is 0 Å². The first kappa shape index (κ1) is 29.0. The molecule has 2 rings (SSSR count). The normalized spacial score (nSPS) is 17.6. The van der Waals surface area contributed by atoms with Gasteiger partial charge in [0.25, 0.3) is 5.91 Å². The van der Waals surface area contributed by atoms with Gasteiger partial charge in [-0.05, 0) is 92.0 Å². The van der Waals surface area contributed by atoms with Crippen molar-refractivity contribution >= 4 is 29.9 Å². The third-order valence-corrected chi connectivity index (χ3v) is 5.94. The van der Waals surface area contributed by atoms with E-state index in [1.165, 1.54) is 6.21 Å². The van der Waals surface area contributed by atoms with Gasteiger partial charge in [-0.15, -0.1) is 0 Å². The Morgan fingerprint density at radius 1 is 1.22 bits per heavy atom. The lowest BCUT2D eigenvalue weighted by Gasteiger charge is -2.41. The molecule has 0 saturated carbocycles. The van der Waals surface area contributed by atoms with Crippen molar-refractivity contribution in [2.24, 2.45) is 0 Å². The standard InChI is InChI=1S/C28H42N6O2/c1-17(2)32-25-23(14-29)22(26(36)30-15-19(4)18(3)10-20(5)31-16-35)11-24(33-25)21-12-27(6,7)34-28(8,9)13-21/h10-12,14,16-17,29,34H,13,15H2,1-9H3,(H,30,36)(H,31,35)(H,32,33)/b19-18+,20-10-,29-14?. The van der Waals surface area contributed by atoms with E-state index in [9.17, 15) is 9.59 Å². The topological polar surface area (TPSA) is 119 Å². The molecule has 0 unspecified atom stereocenters. The number of amides is 2. The second-order valence-electron chi connectivity index (χ2n) is 11.1. The Bertz CT molecular complexity index is 1110. The minimum Gasteiger partial charge on any atom is -0.367 e. The number of hydrogen-bond donors (Lipinski definition) is 5. The Kier molecular flexibility index (Phi) is 9.38. The van der Waals surface area contributed by atoms with Gasteiger partial charge in [-0.3, -0.25) is 9.59 Å². The number of hydrogen-bond acceptors (Lipinski definition) is 6. The second kappa shape index (κ2) is 11.6. The summed E-state index contributed by atoms with van der Waals surface area (Å²) in [6.07, 6.45) is 6.62. The fourth-order valence-electron chi connectivity index (χ4n) is 4.55. The molecule has 0 aliphatic carbocycles. The van der Waals surface area contributed by atoms with Crippen LogP contribution in [0.25, 0.3) is 5.57 Å². The highest BCUT2D eigenvalue weighted by Gasteiger charge is 2.33. The van der Waals surface area contributed by atoms with Gasteiger partial charge in [-0.1, -0.05) is 11.6 Å². The summed E-state index contributed by atoms with van der Waals surface area (Å²) in [7, 11) is 0. The number of nitrogens with one attached hydrogen (secondary N) is 5. The molecule has 0 atom stereocenters. The third kappa shape index (κ3) is 7.88. The highest BCUT2D eigenvalue weighted by Crippen LogP contribution is 2.34. The Morgan fingerprint density at radius 3 is 2.44 bits per heavy atom. The monoisotopic (exact) mass is 494 g/mol. The Hall–Kier alpha value is -3.26. The lowest BCUT2D eigenvalue weighted by Crippen LogP contribution is -2.53. The van der Waals surface area contributed by atoms with Crippen molar-refractivity contribution in [1.82, 2.24) is 20.9 Å². The summed E-state index contributed by atoms with van der Waals surface area (Å²) < 4.78 is 0. The highest BCUT2D eigenvalue weighted by atomic mass is 16.1. The van der Waals surface area contributed by atoms with Crippen LogP contribution in [0.1, 0.15) is 90.3 Å². The number of nitrogens with zero attached hydrogens (tertiary/aromatic N) is 1. The summed E-state index contributed by atoms with van der Waals surface area (Å²) in [5, 5.41) is 20.6. The van der Waals surface area contributed by atoms with Crippen molar-refractivity contribution in [3.05, 3.63) is 51.9 Å². The molecule has 8 nitrogen and oxygen atoms in total. The molecule has 2 amide bonds. The number of rotatable bonds is 10. The molecule has 0 spiro atoms. The first-order valence-corrected chi connectivity index (χ1v) is 12.3. The average molecular weight is 495 g/mol. The van der Waals surface area contributed by atoms with Crippen LogP contribution in [0.4, 0.5) is 5.82 Å². The van der Waals surface area contributed by atoms with Crippen molar-refractivity contribution in [3.8, 4) is 0 Å². The molecule has 8 heteroatoms. The number of pyridine rings is 1. The zero-order valence-corrected chi connectivity index (χ0v) is 23.1. The third-order valence-electron chi connectivity index (χ3n) is 5.94. The molecule has 196 valence electrons. The van der Waals surface area contributed by atoms with Gasteiger partial charge in [-0.2, -0.15) is 0 Å². The van der Waals surface area contributed by atoms with Crippen molar-refractivity contribution in [1.29, 1.82) is 5.41 Å². The highest BCUT2D eigenvalue weighted by molar-refractivity contribution is 6.05. The molecular weight excluding hydrogens is 452 g/mol. The van der Waals surface area contributed by atoms with Gasteiger partial charge in [-0.25, -0.2) is 4.98 Å². The summed E-state index contributed by atoms with van der Waals surface area (Å²) in [5.41, 5.74) is 4.96. The molecule has 0 aromatic carbocycles. The second-order valence-corrected chi connectivity index (χ2v) is 11.1. The van der Waals surface area contributed by atoms with Gasteiger partial charge in [0.1, 0.15) is 5.82 Å². The number of carbonyl (C=O) groups excluding carboxylic acids is 2. The van der Waals surface area contributed by atoms with E-state index in [2.05, 4.69) is 55.0 Å². The predicted molar refractivity (Wildman–Crippen MR) is 148 cm³/mol. The van der Waals surface area contributed by atoms with Crippen molar-refractivity contribution in [2.45, 2.75) is 85.9 Å². The van der Waals surface area contributed by atoms with Gasteiger partial charge in [0.05, 0.1) is 11.3 Å². The van der Waals surface area contributed by atoms with Crippen LogP contribution in [0.15, 0.2) is 35.1 Å². The molecule has 0 bridgehead atoms. The smallest absolute Gasteiger partial charge is 0.252 e. The minimum atomic E-state index is -0.268. The molecule has 1 aromatic rings. The summed E-state index contributed by atoms with van der Waals surface area (Å²) in [5.74, 6) is 0.260. The number of anilines is 1. The van der Waals surface area contributed by atoms with Crippen LogP contribution in [-0.2, 0) is 4.79 Å². The summed E-state index contributed by atoms with van der Waals surface area (Å²) in [6, 6.07) is 1.88. The van der Waals surface area contributed by atoms with Crippen LogP contribution >= 0.6 is 0 Å². The molecule has 1 aliphatic rings. The summed E-state index contributed by atoms with van der Waals surface area (Å²) in [4.78, 5) is 28.9. The molecule has 1 aliphatic heterocycles. The van der Waals surface area contributed by atoms with Gasteiger partial charge >= 0.3 is 0 Å². The molecule has 0 saturated heterocycles. The van der Waals surface area contributed by atoms with E-state index in [1.54, 1.807) is 13.0 Å². The average Bonchev–Trinajstić information content (AvgIpc) is 2.74. The van der Waals surface area contributed by atoms with Crippen molar-refractivity contribution < 1.29 is 9.59 Å². The van der Waals surface area contributed by atoms with Gasteiger partial charge in [0, 0.05) is 41.1 Å². The fraction of sp³-hybridized carbons (Fsp3) is 0.500. The van der Waals surface area contributed by atoms with E-state index in [1.807, 2.05) is 33.8 Å². The van der Waals surface area contributed by atoms with Crippen LogP contribution in [0.5, 0.6) is 0 Å². The zero-order valence-electron chi connectivity index (χ0n) is 23.1. The Labute approximate surface area is 215 Å². The van der Waals surface area contributed by atoms with E-state index in [4.69, 9.17) is 10.4 Å². The maximum atomic E-state index is 13.4. The molecule has 36 heavy (non-hydrogen) atoms. The molecular formula is C28H42N6O2. The minimum absolute atomic E-state index is 0.0834. The molecule has 5 N–H and O–H groups in total. The first-order chi connectivity index (χ1) is 16.7. The maximum absolute atomic E-state index is 13.4. The van der Waals surface area contributed by atoms with Crippen LogP contribution < -0.4 is 21.3 Å². The Balaban J connectivity index is 2.50. The van der Waals surface area contributed by atoms with Gasteiger partial charge < -0.3 is 26.7 Å². The zero-order chi connectivity index (χ0) is 27.3. The van der Waals surface area contributed by atoms with Crippen LogP contribution in [0.2, 0.25) is 0 Å². The summed E-state index contributed by atoms with van der Waals surface area (Å²) >= 11 is 0. The molecule has 1 aromatic heterocycles. The fourth-order valence-corrected chi connectivity index (χ4v) is 4.55. The molecule has 0 radical (unpaired) electrons. The summed E-state index contributed by atoms with van der Waals surface area (Å²) in [6.45, 7) is 18.6. The SMILES string of the molecule is C/C(=C/C(C)=C(\C)CNC(=O)c1cc(C2=CC(C)(C)NC(C)(C)C2)nc(NC(C)C)c1C=N)NC=O.